The molecule has 1 aromatic heterocycles. The van der Waals surface area contributed by atoms with Crippen LogP contribution in [0.2, 0.25) is 0 Å². The van der Waals surface area contributed by atoms with Crippen LogP contribution in [-0.4, -0.2) is 4.98 Å². The zero-order valence-electron chi connectivity index (χ0n) is 8.17. The van der Waals surface area contributed by atoms with E-state index in [0.29, 0.717) is 5.92 Å². The maximum absolute atomic E-state index is 4.22. The van der Waals surface area contributed by atoms with Crippen molar-refractivity contribution in [2.45, 2.75) is 39.5 Å². The van der Waals surface area contributed by atoms with Gasteiger partial charge in [0.2, 0.25) is 0 Å². The van der Waals surface area contributed by atoms with Crippen LogP contribution in [0.15, 0.2) is 18.5 Å². The van der Waals surface area contributed by atoms with Gasteiger partial charge < -0.3 is 0 Å². The van der Waals surface area contributed by atoms with Gasteiger partial charge in [-0.1, -0.05) is 33.3 Å². The van der Waals surface area contributed by atoms with Gasteiger partial charge in [0.1, 0.15) is 0 Å². The molecule has 0 N–H and O–H groups in total. The van der Waals surface area contributed by atoms with Crippen molar-refractivity contribution in [3.63, 3.8) is 0 Å². The maximum atomic E-state index is 4.22. The summed E-state index contributed by atoms with van der Waals surface area (Å²) in [5.41, 5.74) is 2.71. The molecule has 0 unspecified atom stereocenters. The van der Waals surface area contributed by atoms with E-state index in [1.165, 1.54) is 17.5 Å². The average molecular weight is 163 g/mol. The van der Waals surface area contributed by atoms with Crippen LogP contribution in [0.5, 0.6) is 0 Å². The SMILES string of the molecule is CCCc1cncc(C(C)C)c1. The molecule has 0 fully saturated rings. The van der Waals surface area contributed by atoms with Gasteiger partial charge in [-0.3, -0.25) is 4.98 Å². The summed E-state index contributed by atoms with van der Waals surface area (Å²) in [6.45, 7) is 6.60. The first-order chi connectivity index (χ1) is 5.74. The molecule has 1 aromatic rings. The monoisotopic (exact) mass is 163 g/mol. The number of hydrogen-bond donors (Lipinski definition) is 0. The predicted molar refractivity (Wildman–Crippen MR) is 52.3 cm³/mol. The molecule has 0 radical (unpaired) electrons. The maximum Gasteiger partial charge on any atom is 0.0302 e. The quantitative estimate of drug-likeness (QED) is 0.667. The molecule has 66 valence electrons. The van der Waals surface area contributed by atoms with Crippen LogP contribution in [0.3, 0.4) is 0 Å². The Morgan fingerprint density at radius 1 is 1.33 bits per heavy atom. The Balaban J connectivity index is 2.81. The second kappa shape index (κ2) is 4.24. The highest BCUT2D eigenvalue weighted by atomic mass is 14.6. The van der Waals surface area contributed by atoms with Gasteiger partial charge in [-0.25, -0.2) is 0 Å². The fourth-order valence-electron chi connectivity index (χ4n) is 1.25. The van der Waals surface area contributed by atoms with Crippen molar-refractivity contribution in [1.29, 1.82) is 0 Å². The van der Waals surface area contributed by atoms with Crippen LogP contribution in [0.4, 0.5) is 0 Å². The lowest BCUT2D eigenvalue weighted by atomic mass is 10.0. The fraction of sp³-hybridized carbons (Fsp3) is 0.545. The molecule has 0 aliphatic heterocycles. The molecule has 1 heterocycles. The molecule has 0 spiro atoms. The summed E-state index contributed by atoms with van der Waals surface area (Å²) < 4.78 is 0. The Labute approximate surface area is 74.8 Å². The smallest absolute Gasteiger partial charge is 0.0302 e. The van der Waals surface area contributed by atoms with E-state index < -0.39 is 0 Å². The standard InChI is InChI=1S/C11H17N/c1-4-5-10-6-11(9(2)3)8-12-7-10/h6-9H,4-5H2,1-3H3. The van der Waals surface area contributed by atoms with Crippen molar-refractivity contribution in [3.8, 4) is 0 Å². The highest BCUT2D eigenvalue weighted by Gasteiger charge is 1.99. The van der Waals surface area contributed by atoms with Crippen LogP contribution in [0.1, 0.15) is 44.2 Å². The minimum absolute atomic E-state index is 0.592. The molecule has 1 nitrogen and oxygen atoms in total. The van der Waals surface area contributed by atoms with Crippen LogP contribution in [-0.2, 0) is 6.42 Å². The number of nitrogens with zero attached hydrogens (tertiary/aromatic N) is 1. The second-order valence-electron chi connectivity index (χ2n) is 3.53. The van der Waals surface area contributed by atoms with E-state index in [9.17, 15) is 0 Å². The molecule has 0 bridgehead atoms. The van der Waals surface area contributed by atoms with Crippen LogP contribution < -0.4 is 0 Å². The molecular formula is C11H17N. The second-order valence-corrected chi connectivity index (χ2v) is 3.53. The normalized spacial score (nSPS) is 10.7. The molecule has 0 saturated heterocycles. The molecule has 0 saturated carbocycles. The van der Waals surface area contributed by atoms with Gasteiger partial charge in [0, 0.05) is 12.4 Å². The number of rotatable bonds is 3. The Morgan fingerprint density at radius 2 is 2.08 bits per heavy atom. The van der Waals surface area contributed by atoms with Gasteiger partial charge in [0.25, 0.3) is 0 Å². The van der Waals surface area contributed by atoms with Crippen LogP contribution >= 0.6 is 0 Å². The van der Waals surface area contributed by atoms with Crippen molar-refractivity contribution in [1.82, 2.24) is 4.98 Å². The molecule has 1 heteroatoms. The highest BCUT2D eigenvalue weighted by Crippen LogP contribution is 2.14. The molecule has 0 aliphatic rings. The largest absolute Gasteiger partial charge is 0.264 e. The molecule has 0 aromatic carbocycles. The molecule has 1 rings (SSSR count). The number of aryl methyl sites for hydroxylation is 1. The summed E-state index contributed by atoms with van der Waals surface area (Å²) in [5.74, 6) is 0.592. The number of hydrogen-bond acceptors (Lipinski definition) is 1. The van der Waals surface area contributed by atoms with E-state index in [0.717, 1.165) is 6.42 Å². The van der Waals surface area contributed by atoms with E-state index in [4.69, 9.17) is 0 Å². The van der Waals surface area contributed by atoms with E-state index in [1.807, 2.05) is 12.4 Å². The average Bonchev–Trinajstić information content (AvgIpc) is 2.05. The lowest BCUT2D eigenvalue weighted by Gasteiger charge is -2.05. The third-order valence-corrected chi connectivity index (χ3v) is 2.02. The van der Waals surface area contributed by atoms with Gasteiger partial charge in [0.05, 0.1) is 0 Å². The molecule has 12 heavy (non-hydrogen) atoms. The molecular weight excluding hydrogens is 146 g/mol. The predicted octanol–water partition coefficient (Wildman–Crippen LogP) is 3.16. The third-order valence-electron chi connectivity index (χ3n) is 2.02. The van der Waals surface area contributed by atoms with Gasteiger partial charge in [-0.05, 0) is 23.5 Å². The number of pyridine rings is 1. The van der Waals surface area contributed by atoms with E-state index in [-0.39, 0.29) is 0 Å². The van der Waals surface area contributed by atoms with E-state index >= 15 is 0 Å². The minimum Gasteiger partial charge on any atom is -0.264 e. The fourth-order valence-corrected chi connectivity index (χ4v) is 1.25. The summed E-state index contributed by atoms with van der Waals surface area (Å²) in [5, 5.41) is 0. The first-order valence-corrected chi connectivity index (χ1v) is 4.68. The summed E-state index contributed by atoms with van der Waals surface area (Å²) in [6.07, 6.45) is 6.27. The lowest BCUT2D eigenvalue weighted by Crippen LogP contribution is -1.92. The Bertz CT molecular complexity index is 241. The van der Waals surface area contributed by atoms with Crippen molar-refractivity contribution in [3.05, 3.63) is 29.6 Å². The van der Waals surface area contributed by atoms with Gasteiger partial charge in [0.15, 0.2) is 0 Å². The molecule has 0 amide bonds. The van der Waals surface area contributed by atoms with Gasteiger partial charge in [-0.15, -0.1) is 0 Å². The Kier molecular flexibility index (Phi) is 3.27. The van der Waals surface area contributed by atoms with Crippen molar-refractivity contribution in [2.24, 2.45) is 0 Å². The number of aromatic nitrogens is 1. The zero-order chi connectivity index (χ0) is 8.97. The van der Waals surface area contributed by atoms with E-state index in [1.54, 1.807) is 0 Å². The van der Waals surface area contributed by atoms with Crippen molar-refractivity contribution in [2.75, 3.05) is 0 Å². The van der Waals surface area contributed by atoms with Crippen molar-refractivity contribution < 1.29 is 0 Å². The van der Waals surface area contributed by atoms with Gasteiger partial charge >= 0.3 is 0 Å². The minimum atomic E-state index is 0.592. The van der Waals surface area contributed by atoms with Gasteiger partial charge in [-0.2, -0.15) is 0 Å². The Morgan fingerprint density at radius 3 is 2.67 bits per heavy atom. The zero-order valence-corrected chi connectivity index (χ0v) is 8.17. The lowest BCUT2D eigenvalue weighted by molar-refractivity contribution is 0.842. The van der Waals surface area contributed by atoms with Crippen LogP contribution in [0.25, 0.3) is 0 Å². The Hall–Kier alpha value is -0.850. The van der Waals surface area contributed by atoms with Crippen LogP contribution in [0, 0.1) is 0 Å². The molecule has 0 atom stereocenters. The highest BCUT2D eigenvalue weighted by molar-refractivity contribution is 5.20. The summed E-state index contributed by atoms with van der Waals surface area (Å²) in [4.78, 5) is 4.22. The third kappa shape index (κ3) is 2.33. The van der Waals surface area contributed by atoms with E-state index in [2.05, 4.69) is 31.8 Å². The topological polar surface area (TPSA) is 12.9 Å². The summed E-state index contributed by atoms with van der Waals surface area (Å²) >= 11 is 0. The van der Waals surface area contributed by atoms with Crippen molar-refractivity contribution >= 4 is 0 Å². The molecule has 0 aliphatic carbocycles. The first-order valence-electron chi connectivity index (χ1n) is 4.68. The first kappa shape index (κ1) is 9.24. The summed E-state index contributed by atoms with van der Waals surface area (Å²) in [7, 11) is 0. The summed E-state index contributed by atoms with van der Waals surface area (Å²) in [6, 6.07) is 2.27.